The molecule has 0 aliphatic rings. The number of carboxylic acids is 1. The van der Waals surface area contributed by atoms with Crippen molar-refractivity contribution in [3.05, 3.63) is 69.2 Å². The molecular formula is C17H11N5O3S. The number of benzene rings is 1. The molecular weight excluding hydrogens is 354 g/mol. The zero-order chi connectivity index (χ0) is 18.1. The van der Waals surface area contributed by atoms with Crippen molar-refractivity contribution in [1.82, 2.24) is 19.6 Å². The molecule has 9 heteroatoms. The Balaban J connectivity index is 1.71. The van der Waals surface area contributed by atoms with E-state index in [4.69, 9.17) is 0 Å². The maximum Gasteiger partial charge on any atom is 0.337 e. The van der Waals surface area contributed by atoms with Gasteiger partial charge in [0, 0.05) is 24.2 Å². The number of rotatable bonds is 4. The van der Waals surface area contributed by atoms with Crippen LogP contribution in [0.15, 0.2) is 53.6 Å². The molecule has 0 fully saturated rings. The monoisotopic (exact) mass is 365 g/mol. The Hall–Kier alpha value is -3.59. The van der Waals surface area contributed by atoms with Gasteiger partial charge in [-0.15, -0.1) is 5.10 Å². The Morgan fingerprint density at radius 1 is 1.19 bits per heavy atom. The Morgan fingerprint density at radius 3 is 2.69 bits per heavy atom. The number of anilines is 1. The minimum atomic E-state index is -1.05. The normalized spacial score (nSPS) is 11.8. The molecule has 4 aromatic rings. The van der Waals surface area contributed by atoms with E-state index < -0.39 is 5.97 Å². The summed E-state index contributed by atoms with van der Waals surface area (Å²) in [5.74, 6) is -0.597. The highest BCUT2D eigenvalue weighted by molar-refractivity contribution is 7.15. The number of hydrogen-bond acceptors (Lipinski definition) is 7. The quantitative estimate of drug-likeness (QED) is 0.564. The van der Waals surface area contributed by atoms with Crippen molar-refractivity contribution >= 4 is 34.2 Å². The summed E-state index contributed by atoms with van der Waals surface area (Å²) in [6.07, 6.45) is 4.73. The fraction of sp³-hybridized carbons (Fsp3) is 0. The molecule has 128 valence electrons. The van der Waals surface area contributed by atoms with Gasteiger partial charge in [0.2, 0.25) is 4.96 Å². The predicted octanol–water partition coefficient (Wildman–Crippen LogP) is 1.48. The van der Waals surface area contributed by atoms with Gasteiger partial charge in [-0.25, -0.2) is 4.79 Å². The van der Waals surface area contributed by atoms with Crippen molar-refractivity contribution < 1.29 is 9.90 Å². The average molecular weight is 365 g/mol. The Bertz CT molecular complexity index is 1220. The van der Waals surface area contributed by atoms with E-state index in [9.17, 15) is 14.7 Å². The molecule has 0 saturated carbocycles. The van der Waals surface area contributed by atoms with E-state index in [2.05, 4.69) is 20.4 Å². The molecule has 3 heterocycles. The summed E-state index contributed by atoms with van der Waals surface area (Å²) in [5, 5.41) is 16.3. The van der Waals surface area contributed by atoms with Crippen LogP contribution in [0.5, 0.6) is 0 Å². The molecule has 8 nitrogen and oxygen atoms in total. The van der Waals surface area contributed by atoms with Crippen molar-refractivity contribution in [2.45, 2.75) is 0 Å². The molecule has 0 bridgehead atoms. The zero-order valence-corrected chi connectivity index (χ0v) is 14.0. The highest BCUT2D eigenvalue weighted by Crippen LogP contribution is 2.16. The van der Waals surface area contributed by atoms with E-state index in [1.807, 2.05) is 0 Å². The van der Waals surface area contributed by atoms with Crippen LogP contribution in [0, 0.1) is 0 Å². The maximum atomic E-state index is 12.5. The number of aromatic carboxylic acids is 1. The van der Waals surface area contributed by atoms with Crippen molar-refractivity contribution in [2.24, 2.45) is 0 Å². The molecule has 1 aromatic carbocycles. The highest BCUT2D eigenvalue weighted by atomic mass is 32.1. The van der Waals surface area contributed by atoms with Crippen molar-refractivity contribution in [3.8, 4) is 11.4 Å². The van der Waals surface area contributed by atoms with Gasteiger partial charge in [0.15, 0.2) is 5.82 Å². The molecule has 2 N–H and O–H groups in total. The standard InChI is InChI=1S/C17H11N5O3S/c23-15-13(9-19-12-4-2-1-3-11(12)16(24)25)26-17-20-14(21-22(15)17)10-5-7-18-8-6-10/h1-9,19H,(H,24,25)/b13-9-. The summed E-state index contributed by atoms with van der Waals surface area (Å²) in [6, 6.07) is 9.99. The average Bonchev–Trinajstić information content (AvgIpc) is 3.20. The Morgan fingerprint density at radius 2 is 1.96 bits per heavy atom. The first-order valence-electron chi connectivity index (χ1n) is 7.52. The molecule has 0 aliphatic carbocycles. The second-order valence-corrected chi connectivity index (χ2v) is 6.29. The number of pyridine rings is 1. The lowest BCUT2D eigenvalue weighted by molar-refractivity contribution is 0.0698. The van der Waals surface area contributed by atoms with Gasteiger partial charge in [0.1, 0.15) is 4.53 Å². The number of carboxylic acid groups (broad SMARTS) is 1. The van der Waals surface area contributed by atoms with Crippen molar-refractivity contribution in [2.75, 3.05) is 5.32 Å². The highest BCUT2D eigenvalue weighted by Gasteiger charge is 2.12. The van der Waals surface area contributed by atoms with E-state index in [1.54, 1.807) is 42.7 Å². The lowest BCUT2D eigenvalue weighted by Crippen LogP contribution is -2.24. The lowest BCUT2D eigenvalue weighted by Gasteiger charge is -2.03. The van der Waals surface area contributed by atoms with Gasteiger partial charge >= 0.3 is 5.97 Å². The summed E-state index contributed by atoms with van der Waals surface area (Å²) in [4.78, 5) is 32.5. The van der Waals surface area contributed by atoms with Crippen LogP contribution in [0.4, 0.5) is 5.69 Å². The van der Waals surface area contributed by atoms with Gasteiger partial charge in [-0.1, -0.05) is 23.5 Å². The first kappa shape index (κ1) is 15.9. The van der Waals surface area contributed by atoms with Gasteiger partial charge in [-0.2, -0.15) is 9.50 Å². The molecule has 0 unspecified atom stereocenters. The lowest BCUT2D eigenvalue weighted by atomic mass is 10.2. The zero-order valence-electron chi connectivity index (χ0n) is 13.2. The van der Waals surface area contributed by atoms with E-state index in [-0.39, 0.29) is 11.1 Å². The predicted molar refractivity (Wildman–Crippen MR) is 97.1 cm³/mol. The third-order valence-corrected chi connectivity index (χ3v) is 4.60. The van der Waals surface area contributed by atoms with Gasteiger partial charge in [-0.3, -0.25) is 9.78 Å². The maximum absolute atomic E-state index is 12.5. The minimum absolute atomic E-state index is 0.121. The van der Waals surface area contributed by atoms with Crippen LogP contribution in [0.2, 0.25) is 0 Å². The first-order valence-corrected chi connectivity index (χ1v) is 8.34. The molecule has 0 amide bonds. The number of para-hydroxylation sites is 1. The van der Waals surface area contributed by atoms with E-state index in [1.165, 1.54) is 28.1 Å². The fourth-order valence-corrected chi connectivity index (χ4v) is 3.23. The van der Waals surface area contributed by atoms with Gasteiger partial charge in [0.05, 0.1) is 11.3 Å². The second kappa shape index (κ2) is 6.37. The molecule has 0 spiro atoms. The smallest absolute Gasteiger partial charge is 0.337 e. The number of thiazole rings is 1. The summed E-state index contributed by atoms with van der Waals surface area (Å²) >= 11 is 1.17. The van der Waals surface area contributed by atoms with Crippen molar-refractivity contribution in [1.29, 1.82) is 0 Å². The van der Waals surface area contributed by atoms with E-state index in [0.29, 0.717) is 21.0 Å². The molecule has 0 radical (unpaired) electrons. The summed E-state index contributed by atoms with van der Waals surface area (Å²) in [7, 11) is 0. The van der Waals surface area contributed by atoms with Crippen LogP contribution in [0.3, 0.4) is 0 Å². The van der Waals surface area contributed by atoms with Crippen LogP contribution >= 0.6 is 11.3 Å². The Kier molecular flexibility index (Phi) is 3.90. The largest absolute Gasteiger partial charge is 0.478 e. The summed E-state index contributed by atoms with van der Waals surface area (Å²) in [5.41, 5.74) is 0.971. The van der Waals surface area contributed by atoms with Crippen LogP contribution in [0.25, 0.3) is 22.5 Å². The molecule has 4 rings (SSSR count). The molecule has 0 atom stereocenters. The molecule has 26 heavy (non-hydrogen) atoms. The van der Waals surface area contributed by atoms with E-state index >= 15 is 0 Å². The van der Waals surface area contributed by atoms with Crippen LogP contribution in [0.1, 0.15) is 10.4 Å². The third kappa shape index (κ3) is 2.80. The van der Waals surface area contributed by atoms with Gasteiger partial charge < -0.3 is 10.4 Å². The number of nitrogens with one attached hydrogen (secondary N) is 1. The Labute approximate surface area is 150 Å². The number of fused-ring (bicyclic) bond motifs is 1. The summed E-state index contributed by atoms with van der Waals surface area (Å²) < 4.78 is 1.61. The van der Waals surface area contributed by atoms with Crippen molar-refractivity contribution in [3.63, 3.8) is 0 Å². The molecule has 3 aromatic heterocycles. The van der Waals surface area contributed by atoms with Crippen LogP contribution in [-0.4, -0.2) is 30.7 Å². The number of nitrogens with zero attached hydrogens (tertiary/aromatic N) is 4. The van der Waals surface area contributed by atoms with Crippen LogP contribution < -0.4 is 15.4 Å². The SMILES string of the molecule is O=C(O)c1ccccc1N/C=c1\sc2nc(-c3ccncc3)nn2c1=O. The number of aromatic nitrogens is 4. The number of carbonyl (C=O) groups is 1. The first-order chi connectivity index (χ1) is 12.6. The molecule has 0 saturated heterocycles. The van der Waals surface area contributed by atoms with E-state index in [0.717, 1.165) is 5.56 Å². The minimum Gasteiger partial charge on any atom is -0.478 e. The topological polar surface area (TPSA) is 109 Å². The third-order valence-electron chi connectivity index (χ3n) is 3.64. The van der Waals surface area contributed by atoms with Crippen LogP contribution in [-0.2, 0) is 0 Å². The van der Waals surface area contributed by atoms with Gasteiger partial charge in [0.25, 0.3) is 5.56 Å². The van der Waals surface area contributed by atoms with Gasteiger partial charge in [-0.05, 0) is 24.3 Å². The summed E-state index contributed by atoms with van der Waals surface area (Å²) in [6.45, 7) is 0. The second-order valence-electron chi connectivity index (χ2n) is 5.28. The number of hydrogen-bond donors (Lipinski definition) is 2. The molecule has 0 aliphatic heterocycles. The fourth-order valence-electron chi connectivity index (χ4n) is 2.40.